The van der Waals surface area contributed by atoms with Gasteiger partial charge in [-0.15, -0.1) is 13.2 Å². The monoisotopic (exact) mass is 291 g/mol. The summed E-state index contributed by atoms with van der Waals surface area (Å²) in [6.07, 6.45) is -4.69. The Labute approximate surface area is 114 Å². The molecule has 1 heterocycles. The first kappa shape index (κ1) is 15.6. The van der Waals surface area contributed by atoms with Crippen LogP contribution in [0.15, 0.2) is 24.3 Å². The van der Waals surface area contributed by atoms with Gasteiger partial charge in [0, 0.05) is 5.39 Å². The van der Waals surface area contributed by atoms with Gasteiger partial charge in [-0.1, -0.05) is 25.4 Å². The molecule has 1 aromatic heterocycles. The highest BCUT2D eigenvalue weighted by molar-refractivity contribution is 6.29. The minimum absolute atomic E-state index is 0.266. The van der Waals surface area contributed by atoms with Gasteiger partial charge in [-0.25, -0.2) is 4.98 Å². The molecule has 0 atom stereocenters. The van der Waals surface area contributed by atoms with Crippen molar-refractivity contribution in [1.82, 2.24) is 4.98 Å². The molecule has 0 saturated heterocycles. The number of alkyl halides is 3. The van der Waals surface area contributed by atoms with E-state index in [1.807, 2.05) is 13.8 Å². The summed E-state index contributed by atoms with van der Waals surface area (Å²) in [6.45, 7) is 5.74. The molecule has 0 aliphatic rings. The van der Waals surface area contributed by atoms with E-state index in [9.17, 15) is 13.2 Å². The van der Waals surface area contributed by atoms with Crippen molar-refractivity contribution in [1.29, 1.82) is 0 Å². The second-order valence-corrected chi connectivity index (χ2v) is 3.88. The molecule has 0 saturated carbocycles. The Hall–Kier alpha value is -1.49. The fourth-order valence-electron chi connectivity index (χ4n) is 1.53. The number of aromatic nitrogens is 1. The average molecular weight is 292 g/mol. The fourth-order valence-corrected chi connectivity index (χ4v) is 1.78. The van der Waals surface area contributed by atoms with E-state index in [0.29, 0.717) is 16.1 Å². The molecule has 0 bridgehead atoms. The molecule has 2 aromatic rings. The van der Waals surface area contributed by atoms with Gasteiger partial charge in [-0.3, -0.25) is 0 Å². The van der Waals surface area contributed by atoms with Crippen LogP contribution >= 0.6 is 11.6 Å². The lowest BCUT2D eigenvalue weighted by atomic mass is 10.1. The normalized spacial score (nSPS) is 10.9. The highest BCUT2D eigenvalue weighted by atomic mass is 35.5. The first-order valence-electron chi connectivity index (χ1n) is 5.68. The van der Waals surface area contributed by atoms with Crippen LogP contribution in [0.3, 0.4) is 0 Å². The highest BCUT2D eigenvalue weighted by Crippen LogP contribution is 2.28. The number of aryl methyl sites for hydroxylation is 1. The van der Waals surface area contributed by atoms with Gasteiger partial charge in [0.1, 0.15) is 10.9 Å². The molecule has 0 spiro atoms. The molecule has 0 radical (unpaired) electrons. The number of halogens is 4. The molecule has 1 aromatic carbocycles. The third-order valence-electron chi connectivity index (χ3n) is 2.19. The van der Waals surface area contributed by atoms with Crippen LogP contribution in [0.25, 0.3) is 10.9 Å². The lowest BCUT2D eigenvalue weighted by Gasteiger charge is -2.10. The van der Waals surface area contributed by atoms with E-state index < -0.39 is 6.36 Å². The molecular weight excluding hydrogens is 279 g/mol. The maximum Gasteiger partial charge on any atom is 0.573 e. The summed E-state index contributed by atoms with van der Waals surface area (Å²) in [5.41, 5.74) is 1.28. The van der Waals surface area contributed by atoms with Gasteiger partial charge >= 0.3 is 6.36 Å². The first-order valence-corrected chi connectivity index (χ1v) is 6.05. The van der Waals surface area contributed by atoms with E-state index >= 15 is 0 Å². The van der Waals surface area contributed by atoms with Gasteiger partial charge < -0.3 is 4.74 Å². The van der Waals surface area contributed by atoms with Crippen molar-refractivity contribution in [2.45, 2.75) is 27.1 Å². The molecule has 19 heavy (non-hydrogen) atoms. The average Bonchev–Trinajstić information content (AvgIpc) is 2.30. The number of hydrogen-bond donors (Lipinski definition) is 0. The molecular formula is C13H13ClF3NO. The molecule has 0 fully saturated rings. The standard InChI is InChI=1S/C11H7ClF3NO.C2H6/c1-6-4-10(12)16-9-3-2-7(5-8(6)9)17-11(13,14)15;1-2/h2-5H,1H3;1-2H3. The molecule has 6 heteroatoms. The number of ether oxygens (including phenoxy) is 1. The van der Waals surface area contributed by atoms with Crippen molar-refractivity contribution in [3.8, 4) is 5.75 Å². The summed E-state index contributed by atoms with van der Waals surface area (Å²) in [5, 5.41) is 0.885. The molecule has 2 nitrogen and oxygen atoms in total. The molecule has 0 N–H and O–H groups in total. The van der Waals surface area contributed by atoms with E-state index in [-0.39, 0.29) is 5.75 Å². The number of hydrogen-bond acceptors (Lipinski definition) is 2. The minimum atomic E-state index is -4.69. The van der Waals surface area contributed by atoms with Gasteiger partial charge in [0.05, 0.1) is 5.52 Å². The van der Waals surface area contributed by atoms with E-state index in [1.54, 1.807) is 13.0 Å². The van der Waals surface area contributed by atoms with Crippen LogP contribution in [-0.2, 0) is 0 Å². The molecule has 0 unspecified atom stereocenters. The lowest BCUT2D eigenvalue weighted by Crippen LogP contribution is -2.17. The van der Waals surface area contributed by atoms with E-state index in [0.717, 1.165) is 5.56 Å². The SMILES string of the molecule is CC.Cc1cc(Cl)nc2ccc(OC(F)(F)F)cc12. The van der Waals surface area contributed by atoms with Gasteiger partial charge in [0.2, 0.25) is 0 Å². The predicted molar refractivity (Wildman–Crippen MR) is 69.5 cm³/mol. The first-order chi connectivity index (χ1) is 8.85. The van der Waals surface area contributed by atoms with Crippen LogP contribution in [0.4, 0.5) is 13.2 Å². The number of pyridine rings is 1. The Bertz CT molecular complexity index is 570. The predicted octanol–water partition coefficient (Wildman–Crippen LogP) is 5.12. The Morgan fingerprint density at radius 3 is 2.37 bits per heavy atom. The summed E-state index contributed by atoms with van der Waals surface area (Å²) >= 11 is 5.75. The minimum Gasteiger partial charge on any atom is -0.406 e. The Balaban J connectivity index is 0.000000861. The molecule has 0 aliphatic carbocycles. The number of nitrogens with zero attached hydrogens (tertiary/aromatic N) is 1. The van der Waals surface area contributed by atoms with Crippen molar-refractivity contribution in [2.75, 3.05) is 0 Å². The van der Waals surface area contributed by atoms with E-state index in [4.69, 9.17) is 11.6 Å². The van der Waals surface area contributed by atoms with Crippen LogP contribution in [-0.4, -0.2) is 11.3 Å². The second kappa shape index (κ2) is 6.10. The van der Waals surface area contributed by atoms with Crippen molar-refractivity contribution in [3.05, 3.63) is 35.0 Å². The summed E-state index contributed by atoms with van der Waals surface area (Å²) in [6, 6.07) is 5.52. The smallest absolute Gasteiger partial charge is 0.406 e. The van der Waals surface area contributed by atoms with E-state index in [2.05, 4.69) is 9.72 Å². The second-order valence-electron chi connectivity index (χ2n) is 3.49. The van der Waals surface area contributed by atoms with E-state index in [1.165, 1.54) is 18.2 Å². The zero-order chi connectivity index (χ0) is 14.6. The zero-order valence-electron chi connectivity index (χ0n) is 10.7. The summed E-state index contributed by atoms with van der Waals surface area (Å²) in [5.74, 6) is -0.266. The summed E-state index contributed by atoms with van der Waals surface area (Å²) < 4.78 is 40.0. The largest absolute Gasteiger partial charge is 0.573 e. The number of fused-ring (bicyclic) bond motifs is 1. The molecule has 0 amide bonds. The van der Waals surface area contributed by atoms with Crippen molar-refractivity contribution >= 4 is 22.5 Å². The highest BCUT2D eigenvalue weighted by Gasteiger charge is 2.31. The summed E-state index contributed by atoms with van der Waals surface area (Å²) in [7, 11) is 0. The Kier molecular flexibility index (Phi) is 5.00. The Morgan fingerprint density at radius 1 is 1.16 bits per heavy atom. The van der Waals surface area contributed by atoms with Crippen molar-refractivity contribution < 1.29 is 17.9 Å². The third kappa shape index (κ3) is 4.28. The maximum atomic E-state index is 12.0. The molecule has 0 aliphatic heterocycles. The molecule has 104 valence electrons. The third-order valence-corrected chi connectivity index (χ3v) is 2.38. The van der Waals surface area contributed by atoms with Crippen LogP contribution in [0.2, 0.25) is 5.15 Å². The topological polar surface area (TPSA) is 22.1 Å². The van der Waals surface area contributed by atoms with Gasteiger partial charge in [0.15, 0.2) is 0 Å². The quantitative estimate of drug-likeness (QED) is 0.680. The van der Waals surface area contributed by atoms with Gasteiger partial charge in [0.25, 0.3) is 0 Å². The number of benzene rings is 1. The van der Waals surface area contributed by atoms with Gasteiger partial charge in [-0.2, -0.15) is 0 Å². The zero-order valence-corrected chi connectivity index (χ0v) is 11.4. The fraction of sp³-hybridized carbons (Fsp3) is 0.308. The molecule has 2 rings (SSSR count). The van der Waals surface area contributed by atoms with Crippen LogP contribution in [0.1, 0.15) is 19.4 Å². The van der Waals surface area contributed by atoms with Crippen LogP contribution < -0.4 is 4.74 Å². The summed E-state index contributed by atoms with van der Waals surface area (Å²) in [4.78, 5) is 4.00. The van der Waals surface area contributed by atoms with Crippen LogP contribution in [0.5, 0.6) is 5.75 Å². The maximum absolute atomic E-state index is 12.0. The van der Waals surface area contributed by atoms with Crippen molar-refractivity contribution in [3.63, 3.8) is 0 Å². The van der Waals surface area contributed by atoms with Crippen LogP contribution in [0, 0.1) is 6.92 Å². The lowest BCUT2D eigenvalue weighted by molar-refractivity contribution is -0.274. The van der Waals surface area contributed by atoms with Gasteiger partial charge in [-0.05, 0) is 36.8 Å². The number of rotatable bonds is 1. The van der Waals surface area contributed by atoms with Crippen molar-refractivity contribution in [2.24, 2.45) is 0 Å². The Morgan fingerprint density at radius 2 is 1.79 bits per heavy atom.